The van der Waals surface area contributed by atoms with Crippen LogP contribution < -0.4 is 15.2 Å². The monoisotopic (exact) mass is 267 g/mol. The van der Waals surface area contributed by atoms with E-state index in [0.717, 1.165) is 24.3 Å². The summed E-state index contributed by atoms with van der Waals surface area (Å²) in [4.78, 5) is 0. The third-order valence-corrected chi connectivity index (χ3v) is 2.80. The molecule has 0 saturated heterocycles. The molecule has 0 aliphatic rings. The molecule has 1 rings (SSSR count). The Bertz CT molecular complexity index is 368. The molecule has 1 aromatic rings. The fraction of sp³-hybridized carbons (Fsp3) is 0.600. The maximum atomic E-state index is 5.90. The maximum absolute atomic E-state index is 5.90. The lowest BCUT2D eigenvalue weighted by molar-refractivity contribution is 0.132. The van der Waals surface area contributed by atoms with Crippen LogP contribution in [-0.2, 0) is 11.2 Å². The molecule has 0 radical (unpaired) electrons. The molecule has 0 aliphatic heterocycles. The quantitative estimate of drug-likeness (QED) is 0.746. The molecule has 108 valence electrons. The standard InChI is InChI=1S/C15H25NO3/c1-4-18-15-11-13(7-9-16)5-6-14(15)19-12(2)8-10-17-3/h5-6,11-12H,4,7-10,16H2,1-3H3. The van der Waals surface area contributed by atoms with Gasteiger partial charge in [0.2, 0.25) is 0 Å². The van der Waals surface area contributed by atoms with Gasteiger partial charge in [0.25, 0.3) is 0 Å². The average Bonchev–Trinajstić information content (AvgIpc) is 2.40. The third kappa shape index (κ3) is 5.49. The average molecular weight is 267 g/mol. The van der Waals surface area contributed by atoms with Crippen molar-refractivity contribution in [1.82, 2.24) is 0 Å². The molecule has 4 heteroatoms. The summed E-state index contributed by atoms with van der Waals surface area (Å²) in [5, 5.41) is 0. The van der Waals surface area contributed by atoms with Crippen LogP contribution in [0.3, 0.4) is 0 Å². The molecule has 0 aromatic heterocycles. The van der Waals surface area contributed by atoms with Crippen molar-refractivity contribution in [3.05, 3.63) is 23.8 Å². The Kier molecular flexibility index (Phi) is 7.30. The fourth-order valence-corrected chi connectivity index (χ4v) is 1.80. The first-order valence-electron chi connectivity index (χ1n) is 6.82. The van der Waals surface area contributed by atoms with E-state index in [1.807, 2.05) is 32.0 Å². The van der Waals surface area contributed by atoms with E-state index < -0.39 is 0 Å². The Morgan fingerprint density at radius 2 is 2.05 bits per heavy atom. The predicted molar refractivity (Wildman–Crippen MR) is 77.0 cm³/mol. The second-order valence-electron chi connectivity index (χ2n) is 4.46. The first-order chi connectivity index (χ1) is 9.21. The molecule has 1 aromatic carbocycles. The lowest BCUT2D eigenvalue weighted by Gasteiger charge is -2.18. The number of hydrogen-bond donors (Lipinski definition) is 1. The van der Waals surface area contributed by atoms with E-state index in [1.165, 1.54) is 5.56 Å². The Morgan fingerprint density at radius 1 is 1.26 bits per heavy atom. The Morgan fingerprint density at radius 3 is 2.68 bits per heavy atom. The summed E-state index contributed by atoms with van der Waals surface area (Å²) >= 11 is 0. The fourth-order valence-electron chi connectivity index (χ4n) is 1.80. The van der Waals surface area contributed by atoms with E-state index in [2.05, 4.69) is 0 Å². The van der Waals surface area contributed by atoms with Crippen molar-refractivity contribution in [2.45, 2.75) is 32.8 Å². The minimum Gasteiger partial charge on any atom is -0.490 e. The normalized spacial score (nSPS) is 12.2. The first-order valence-corrected chi connectivity index (χ1v) is 6.82. The van der Waals surface area contributed by atoms with Crippen LogP contribution in [0.15, 0.2) is 18.2 Å². The molecule has 0 amide bonds. The number of rotatable bonds is 9. The molecule has 4 nitrogen and oxygen atoms in total. The van der Waals surface area contributed by atoms with E-state index in [-0.39, 0.29) is 6.10 Å². The Hall–Kier alpha value is -1.26. The minimum absolute atomic E-state index is 0.0968. The minimum atomic E-state index is 0.0968. The molecular formula is C15H25NO3. The Labute approximate surface area is 115 Å². The second-order valence-corrected chi connectivity index (χ2v) is 4.46. The molecule has 0 saturated carbocycles. The highest BCUT2D eigenvalue weighted by molar-refractivity contribution is 5.43. The smallest absolute Gasteiger partial charge is 0.161 e. The molecular weight excluding hydrogens is 242 g/mol. The van der Waals surface area contributed by atoms with Gasteiger partial charge in [-0.1, -0.05) is 6.07 Å². The van der Waals surface area contributed by atoms with E-state index in [0.29, 0.717) is 19.8 Å². The summed E-state index contributed by atoms with van der Waals surface area (Å²) in [6, 6.07) is 6.00. The van der Waals surface area contributed by atoms with Crippen molar-refractivity contribution in [1.29, 1.82) is 0 Å². The van der Waals surface area contributed by atoms with Gasteiger partial charge in [0.1, 0.15) is 0 Å². The van der Waals surface area contributed by atoms with E-state index in [1.54, 1.807) is 7.11 Å². The lowest BCUT2D eigenvalue weighted by Crippen LogP contribution is -2.15. The molecule has 0 heterocycles. The highest BCUT2D eigenvalue weighted by atomic mass is 16.5. The van der Waals surface area contributed by atoms with Crippen molar-refractivity contribution in [3.63, 3.8) is 0 Å². The SMILES string of the molecule is CCOc1cc(CCN)ccc1OC(C)CCOC. The van der Waals surface area contributed by atoms with Crippen molar-refractivity contribution in [2.75, 3.05) is 26.9 Å². The summed E-state index contributed by atoms with van der Waals surface area (Å²) < 4.78 is 16.6. The van der Waals surface area contributed by atoms with Gasteiger partial charge >= 0.3 is 0 Å². The summed E-state index contributed by atoms with van der Waals surface area (Å²) in [5.41, 5.74) is 6.74. The lowest BCUT2D eigenvalue weighted by atomic mass is 10.1. The molecule has 1 unspecified atom stereocenters. The van der Waals surface area contributed by atoms with Crippen molar-refractivity contribution < 1.29 is 14.2 Å². The summed E-state index contributed by atoms with van der Waals surface area (Å²) in [6.07, 6.45) is 1.80. The van der Waals surface area contributed by atoms with Crippen LogP contribution in [0.1, 0.15) is 25.8 Å². The van der Waals surface area contributed by atoms with Gasteiger partial charge in [-0.3, -0.25) is 0 Å². The number of benzene rings is 1. The highest BCUT2D eigenvalue weighted by Gasteiger charge is 2.10. The van der Waals surface area contributed by atoms with Gasteiger partial charge in [-0.25, -0.2) is 0 Å². The highest BCUT2D eigenvalue weighted by Crippen LogP contribution is 2.29. The van der Waals surface area contributed by atoms with E-state index >= 15 is 0 Å². The number of ether oxygens (including phenoxy) is 3. The molecule has 0 aliphatic carbocycles. The number of nitrogens with two attached hydrogens (primary N) is 1. The summed E-state index contributed by atoms with van der Waals surface area (Å²) in [5.74, 6) is 1.57. The van der Waals surface area contributed by atoms with Crippen LogP contribution in [0.25, 0.3) is 0 Å². The van der Waals surface area contributed by atoms with Gasteiger partial charge in [0.15, 0.2) is 11.5 Å². The predicted octanol–water partition coefficient (Wildman–Crippen LogP) is 2.39. The van der Waals surface area contributed by atoms with E-state index in [4.69, 9.17) is 19.9 Å². The number of hydrogen-bond acceptors (Lipinski definition) is 4. The van der Waals surface area contributed by atoms with Gasteiger partial charge in [-0.05, 0) is 44.5 Å². The topological polar surface area (TPSA) is 53.7 Å². The molecule has 1 atom stereocenters. The van der Waals surface area contributed by atoms with Gasteiger partial charge in [-0.2, -0.15) is 0 Å². The van der Waals surface area contributed by atoms with Gasteiger partial charge in [0, 0.05) is 20.1 Å². The molecule has 0 bridgehead atoms. The van der Waals surface area contributed by atoms with Crippen molar-refractivity contribution in [2.24, 2.45) is 5.73 Å². The zero-order valence-electron chi connectivity index (χ0n) is 12.1. The Balaban J connectivity index is 2.74. The van der Waals surface area contributed by atoms with E-state index in [9.17, 15) is 0 Å². The maximum Gasteiger partial charge on any atom is 0.161 e. The van der Waals surface area contributed by atoms with Crippen LogP contribution in [0, 0.1) is 0 Å². The zero-order chi connectivity index (χ0) is 14.1. The van der Waals surface area contributed by atoms with Crippen molar-refractivity contribution >= 4 is 0 Å². The molecule has 2 N–H and O–H groups in total. The van der Waals surface area contributed by atoms with Gasteiger partial charge in [0.05, 0.1) is 12.7 Å². The second kappa shape index (κ2) is 8.77. The summed E-state index contributed by atoms with van der Waals surface area (Å²) in [6.45, 7) is 5.94. The molecule has 19 heavy (non-hydrogen) atoms. The third-order valence-electron chi connectivity index (χ3n) is 2.80. The summed E-state index contributed by atoms with van der Waals surface area (Å²) in [7, 11) is 1.69. The van der Waals surface area contributed by atoms with Crippen LogP contribution in [0.4, 0.5) is 0 Å². The van der Waals surface area contributed by atoms with Crippen LogP contribution >= 0.6 is 0 Å². The first kappa shape index (κ1) is 15.8. The largest absolute Gasteiger partial charge is 0.490 e. The zero-order valence-corrected chi connectivity index (χ0v) is 12.1. The van der Waals surface area contributed by atoms with Crippen molar-refractivity contribution in [3.8, 4) is 11.5 Å². The van der Waals surface area contributed by atoms with Crippen LogP contribution in [-0.4, -0.2) is 33.0 Å². The van der Waals surface area contributed by atoms with Gasteiger partial charge < -0.3 is 19.9 Å². The van der Waals surface area contributed by atoms with Crippen LogP contribution in [0.2, 0.25) is 0 Å². The van der Waals surface area contributed by atoms with Gasteiger partial charge in [-0.15, -0.1) is 0 Å². The number of methoxy groups -OCH3 is 1. The molecule has 0 spiro atoms. The molecule has 0 fully saturated rings. The van der Waals surface area contributed by atoms with Crippen LogP contribution in [0.5, 0.6) is 11.5 Å².